The number of carbonyl (C=O) groups excluding carboxylic acids is 2. The molecule has 1 aliphatic rings. The Balaban J connectivity index is 1.68. The molecule has 0 N–H and O–H groups in total. The van der Waals surface area contributed by atoms with Gasteiger partial charge in [0.15, 0.2) is 5.76 Å². The molecule has 27 heavy (non-hydrogen) atoms. The highest BCUT2D eigenvalue weighted by atomic mass is 35.5. The second-order valence-electron chi connectivity index (χ2n) is 6.34. The van der Waals surface area contributed by atoms with Gasteiger partial charge in [0.1, 0.15) is 17.4 Å². The van der Waals surface area contributed by atoms with Crippen LogP contribution in [-0.2, 0) is 9.53 Å². The monoisotopic (exact) mass is 393 g/mol. The highest BCUT2D eigenvalue weighted by Gasteiger charge is 2.29. The summed E-state index contributed by atoms with van der Waals surface area (Å²) in [6.07, 6.45) is 5.89. The number of rotatable bonds is 6. The molecule has 0 aromatic carbocycles. The fourth-order valence-electron chi connectivity index (χ4n) is 3.17. The van der Waals surface area contributed by atoms with E-state index in [0.717, 1.165) is 19.3 Å². The first-order valence-electron chi connectivity index (χ1n) is 8.81. The molecule has 9 heteroatoms. The first-order chi connectivity index (χ1) is 13.0. The lowest BCUT2D eigenvalue weighted by atomic mass is 9.87. The predicted octanol–water partition coefficient (Wildman–Crippen LogP) is 3.32. The summed E-state index contributed by atoms with van der Waals surface area (Å²) in [6, 6.07) is 0. The molecule has 0 radical (unpaired) electrons. The molecule has 0 bridgehead atoms. The van der Waals surface area contributed by atoms with Crippen LogP contribution < -0.4 is 4.74 Å². The van der Waals surface area contributed by atoms with Crippen molar-refractivity contribution in [2.24, 2.45) is 5.92 Å². The predicted molar refractivity (Wildman–Crippen MR) is 95.5 cm³/mol. The lowest BCUT2D eigenvalue weighted by molar-refractivity contribution is -0.150. The van der Waals surface area contributed by atoms with Gasteiger partial charge in [-0.15, -0.1) is 0 Å². The maximum absolute atomic E-state index is 11.9. The van der Waals surface area contributed by atoms with Gasteiger partial charge < -0.3 is 14.0 Å². The third-order valence-corrected chi connectivity index (χ3v) is 4.64. The van der Waals surface area contributed by atoms with Gasteiger partial charge in [-0.3, -0.25) is 9.59 Å². The van der Waals surface area contributed by atoms with E-state index in [1.54, 1.807) is 13.8 Å². The molecule has 1 saturated carbocycles. The summed E-state index contributed by atoms with van der Waals surface area (Å²) in [6.45, 7) is 3.79. The van der Waals surface area contributed by atoms with E-state index in [1.165, 1.54) is 12.4 Å². The number of hydrogen-bond donors (Lipinski definition) is 0. The van der Waals surface area contributed by atoms with Crippen molar-refractivity contribution in [2.45, 2.75) is 45.6 Å². The maximum atomic E-state index is 11.9. The zero-order valence-corrected chi connectivity index (χ0v) is 15.9. The van der Waals surface area contributed by atoms with Gasteiger partial charge in [0.25, 0.3) is 5.24 Å². The van der Waals surface area contributed by atoms with Crippen molar-refractivity contribution in [3.05, 3.63) is 23.7 Å². The van der Waals surface area contributed by atoms with Gasteiger partial charge >= 0.3 is 5.97 Å². The molecule has 2 aromatic heterocycles. The van der Waals surface area contributed by atoms with Crippen LogP contribution in [0.4, 0.5) is 0 Å². The molecule has 144 valence electrons. The van der Waals surface area contributed by atoms with Gasteiger partial charge in [0, 0.05) is 0 Å². The fraction of sp³-hybridized carbons (Fsp3) is 0.500. The Labute approximate surface area is 161 Å². The summed E-state index contributed by atoms with van der Waals surface area (Å²) in [5.41, 5.74) is 0.892. The van der Waals surface area contributed by atoms with Gasteiger partial charge in [-0.05, 0) is 51.1 Å². The molecular formula is C18H20ClN3O5. The molecule has 2 aromatic rings. The van der Waals surface area contributed by atoms with Crippen LogP contribution in [0.5, 0.6) is 5.88 Å². The SMILES string of the molecule is CCOC(=O)[C@H]1CCC[C@H](Oc2cnc(-c3onc(C)c3C(=O)Cl)cn2)C1. The van der Waals surface area contributed by atoms with Gasteiger partial charge in [-0.1, -0.05) is 5.16 Å². The summed E-state index contributed by atoms with van der Waals surface area (Å²) in [5.74, 6) is 0.187. The number of nitrogens with zero attached hydrogens (tertiary/aromatic N) is 3. The molecule has 2 heterocycles. The number of carbonyl (C=O) groups is 2. The standard InChI is InChI=1S/C18H20ClN3O5/c1-3-25-18(24)11-5-4-6-12(7-11)26-14-9-20-13(8-21-14)16-15(17(19)23)10(2)22-27-16/h8-9,11-12H,3-7H2,1-2H3/t11-,12-/m0/s1. The molecular weight excluding hydrogens is 374 g/mol. The van der Waals surface area contributed by atoms with Gasteiger partial charge in [-0.2, -0.15) is 0 Å². The van der Waals surface area contributed by atoms with Crippen LogP contribution in [0, 0.1) is 12.8 Å². The first kappa shape index (κ1) is 19.3. The van der Waals surface area contributed by atoms with Crippen molar-refractivity contribution >= 4 is 22.8 Å². The van der Waals surface area contributed by atoms with E-state index < -0.39 is 5.24 Å². The average Bonchev–Trinajstić information content (AvgIpc) is 3.04. The number of esters is 1. The zero-order chi connectivity index (χ0) is 19.4. The second-order valence-corrected chi connectivity index (χ2v) is 6.68. The maximum Gasteiger partial charge on any atom is 0.309 e. The fourth-order valence-corrected chi connectivity index (χ4v) is 3.39. The third-order valence-electron chi connectivity index (χ3n) is 4.45. The van der Waals surface area contributed by atoms with Gasteiger partial charge in [-0.25, -0.2) is 9.97 Å². The van der Waals surface area contributed by atoms with E-state index in [9.17, 15) is 9.59 Å². The number of ether oxygens (including phenoxy) is 2. The lowest BCUT2D eigenvalue weighted by Gasteiger charge is -2.27. The summed E-state index contributed by atoms with van der Waals surface area (Å²) >= 11 is 5.58. The van der Waals surface area contributed by atoms with Crippen LogP contribution in [-0.4, -0.2) is 39.0 Å². The molecule has 0 unspecified atom stereocenters. The van der Waals surface area contributed by atoms with E-state index in [0.29, 0.717) is 30.3 Å². The Morgan fingerprint density at radius 2 is 2.11 bits per heavy atom. The molecule has 0 amide bonds. The number of hydrogen-bond acceptors (Lipinski definition) is 8. The largest absolute Gasteiger partial charge is 0.473 e. The van der Waals surface area contributed by atoms with E-state index in [-0.39, 0.29) is 29.3 Å². The van der Waals surface area contributed by atoms with Crippen LogP contribution in [0.1, 0.15) is 48.7 Å². The highest BCUT2D eigenvalue weighted by Crippen LogP contribution is 2.29. The summed E-state index contributed by atoms with van der Waals surface area (Å²) in [5, 5.41) is 3.08. The van der Waals surface area contributed by atoms with Crippen LogP contribution in [0.2, 0.25) is 0 Å². The topological polar surface area (TPSA) is 104 Å². The van der Waals surface area contributed by atoms with Crippen molar-refractivity contribution in [1.82, 2.24) is 15.1 Å². The first-order valence-corrected chi connectivity index (χ1v) is 9.19. The molecule has 3 rings (SSSR count). The van der Waals surface area contributed by atoms with E-state index in [1.807, 2.05) is 0 Å². The minimum atomic E-state index is -0.668. The Kier molecular flexibility index (Phi) is 6.05. The highest BCUT2D eigenvalue weighted by molar-refractivity contribution is 6.68. The molecule has 2 atom stereocenters. The van der Waals surface area contributed by atoms with Crippen LogP contribution in [0.3, 0.4) is 0 Å². The van der Waals surface area contributed by atoms with Crippen molar-refractivity contribution in [2.75, 3.05) is 6.61 Å². The summed E-state index contributed by atoms with van der Waals surface area (Å²) in [7, 11) is 0. The number of aryl methyl sites for hydroxylation is 1. The Morgan fingerprint density at radius 3 is 2.78 bits per heavy atom. The second kappa shape index (κ2) is 8.47. The normalized spacial score (nSPS) is 19.5. The van der Waals surface area contributed by atoms with Gasteiger partial charge in [0.05, 0.1) is 30.6 Å². The van der Waals surface area contributed by atoms with Crippen LogP contribution >= 0.6 is 11.6 Å². The quantitative estimate of drug-likeness (QED) is 0.543. The molecule has 1 fully saturated rings. The number of aromatic nitrogens is 3. The zero-order valence-electron chi connectivity index (χ0n) is 15.1. The van der Waals surface area contributed by atoms with Crippen molar-refractivity contribution in [3.8, 4) is 17.3 Å². The lowest BCUT2D eigenvalue weighted by Crippen LogP contribution is -2.31. The van der Waals surface area contributed by atoms with Gasteiger partial charge in [0.2, 0.25) is 5.88 Å². The van der Waals surface area contributed by atoms with Crippen molar-refractivity contribution in [1.29, 1.82) is 0 Å². The van der Waals surface area contributed by atoms with Crippen LogP contribution in [0.25, 0.3) is 11.5 Å². The molecule has 0 saturated heterocycles. The molecule has 1 aliphatic carbocycles. The van der Waals surface area contributed by atoms with Crippen molar-refractivity contribution in [3.63, 3.8) is 0 Å². The Bertz CT molecular complexity index is 821. The average molecular weight is 394 g/mol. The Morgan fingerprint density at radius 1 is 1.30 bits per heavy atom. The van der Waals surface area contributed by atoms with E-state index >= 15 is 0 Å². The third kappa shape index (κ3) is 4.44. The molecule has 0 aliphatic heterocycles. The van der Waals surface area contributed by atoms with E-state index in [2.05, 4.69) is 15.1 Å². The minimum absolute atomic E-state index is 0.124. The Hall–Kier alpha value is -2.48. The van der Waals surface area contributed by atoms with Crippen molar-refractivity contribution < 1.29 is 23.6 Å². The smallest absolute Gasteiger partial charge is 0.309 e. The summed E-state index contributed by atoms with van der Waals surface area (Å²) in [4.78, 5) is 31.9. The summed E-state index contributed by atoms with van der Waals surface area (Å²) < 4.78 is 16.1. The van der Waals surface area contributed by atoms with Crippen LogP contribution in [0.15, 0.2) is 16.9 Å². The molecule has 8 nitrogen and oxygen atoms in total. The minimum Gasteiger partial charge on any atom is -0.473 e. The number of halogens is 1. The van der Waals surface area contributed by atoms with E-state index in [4.69, 9.17) is 25.6 Å². The molecule has 0 spiro atoms.